The van der Waals surface area contributed by atoms with Gasteiger partial charge < -0.3 is 4.74 Å². The lowest BCUT2D eigenvalue weighted by molar-refractivity contribution is -0.137. The summed E-state index contributed by atoms with van der Waals surface area (Å²) in [6.45, 7) is 2.23. The van der Waals surface area contributed by atoms with Crippen LogP contribution < -0.4 is 0 Å². The van der Waals surface area contributed by atoms with E-state index in [1.54, 1.807) is 18.2 Å². The number of ether oxygens (including phenoxy) is 1. The smallest absolute Gasteiger partial charge is 0.377 e. The molecule has 0 aliphatic carbocycles. The van der Waals surface area contributed by atoms with Gasteiger partial charge in [-0.1, -0.05) is 35.9 Å². The highest BCUT2D eigenvalue weighted by Crippen LogP contribution is 2.36. The predicted octanol–water partition coefficient (Wildman–Crippen LogP) is 5.33. The fraction of sp³-hybridized carbons (Fsp3) is 0.500. The third kappa shape index (κ3) is 8.42. The Balaban J connectivity index is 1.64. The molecule has 35 heavy (non-hydrogen) atoms. The number of hydrogen-bond acceptors (Lipinski definition) is 4. The molecule has 1 fully saturated rings. The standard InChI is InChI=1S/C24H29ClF4N2O3S/c1-35(32,33)31-13-3-6-21(17-31)34-14-4-12-30(15-18-8-10-20(26)11-9-18)16-19-5-2-7-22(23(19)25)24(27,28)29/h2,5,7-11,21H,3-4,6,12-17H2,1H3. The summed E-state index contributed by atoms with van der Waals surface area (Å²) in [4.78, 5) is 1.93. The van der Waals surface area contributed by atoms with Gasteiger partial charge in [-0.15, -0.1) is 0 Å². The van der Waals surface area contributed by atoms with E-state index >= 15 is 0 Å². The van der Waals surface area contributed by atoms with Gasteiger partial charge in [0.25, 0.3) is 0 Å². The molecule has 1 unspecified atom stereocenters. The van der Waals surface area contributed by atoms with Crippen molar-refractivity contribution < 1.29 is 30.7 Å². The first-order valence-corrected chi connectivity index (χ1v) is 13.5. The van der Waals surface area contributed by atoms with Crippen LogP contribution in [0.2, 0.25) is 5.02 Å². The van der Waals surface area contributed by atoms with Crippen molar-refractivity contribution in [2.75, 3.05) is 32.5 Å². The van der Waals surface area contributed by atoms with Crippen LogP contribution in [0.15, 0.2) is 42.5 Å². The van der Waals surface area contributed by atoms with Crippen LogP contribution in [-0.4, -0.2) is 56.2 Å². The van der Waals surface area contributed by atoms with Gasteiger partial charge in [-0.2, -0.15) is 17.5 Å². The van der Waals surface area contributed by atoms with Crippen LogP contribution in [0.25, 0.3) is 0 Å². The molecule has 194 valence electrons. The van der Waals surface area contributed by atoms with E-state index in [4.69, 9.17) is 16.3 Å². The molecule has 1 aliphatic rings. The van der Waals surface area contributed by atoms with Gasteiger partial charge in [0.05, 0.1) is 22.9 Å². The minimum absolute atomic E-state index is 0.172. The Morgan fingerprint density at radius 3 is 2.51 bits per heavy atom. The van der Waals surface area contributed by atoms with E-state index in [0.717, 1.165) is 24.5 Å². The summed E-state index contributed by atoms with van der Waals surface area (Å²) in [5.41, 5.74) is 0.279. The van der Waals surface area contributed by atoms with Gasteiger partial charge in [0, 0.05) is 39.3 Å². The molecule has 3 rings (SSSR count). The molecule has 0 saturated carbocycles. The molecule has 0 spiro atoms. The second kappa shape index (κ2) is 12.0. The van der Waals surface area contributed by atoms with Crippen LogP contribution in [0.3, 0.4) is 0 Å². The molecule has 0 aromatic heterocycles. The normalized spacial score (nSPS) is 17.7. The molecule has 0 N–H and O–H groups in total. The third-order valence-electron chi connectivity index (χ3n) is 5.88. The first-order chi connectivity index (χ1) is 16.4. The van der Waals surface area contributed by atoms with E-state index < -0.39 is 21.8 Å². The fourth-order valence-corrected chi connectivity index (χ4v) is 5.29. The third-order valence-corrected chi connectivity index (χ3v) is 7.60. The number of benzene rings is 2. The van der Waals surface area contributed by atoms with Gasteiger partial charge in [-0.25, -0.2) is 12.8 Å². The summed E-state index contributed by atoms with van der Waals surface area (Å²) in [5, 5.41) is -0.330. The SMILES string of the molecule is CS(=O)(=O)N1CCCC(OCCCN(Cc2ccc(F)cc2)Cc2cccc(C(F)(F)F)c2Cl)C1. The minimum atomic E-state index is -4.55. The van der Waals surface area contributed by atoms with Crippen molar-refractivity contribution in [3.63, 3.8) is 0 Å². The van der Waals surface area contributed by atoms with Crippen molar-refractivity contribution in [2.45, 2.75) is 44.6 Å². The molecule has 0 amide bonds. The molecule has 11 heteroatoms. The lowest BCUT2D eigenvalue weighted by Gasteiger charge is -2.31. The quantitative estimate of drug-likeness (QED) is 0.304. The molecule has 2 aromatic rings. The van der Waals surface area contributed by atoms with Crippen LogP contribution in [-0.2, 0) is 34.0 Å². The Kier molecular flexibility index (Phi) is 9.56. The lowest BCUT2D eigenvalue weighted by Crippen LogP contribution is -2.42. The molecule has 0 bridgehead atoms. The van der Waals surface area contributed by atoms with E-state index in [2.05, 4.69) is 0 Å². The Morgan fingerprint density at radius 2 is 1.86 bits per heavy atom. The molecular formula is C24H29ClF4N2O3S. The maximum Gasteiger partial charge on any atom is 0.417 e. The lowest BCUT2D eigenvalue weighted by atomic mass is 10.1. The zero-order valence-corrected chi connectivity index (χ0v) is 21.0. The van der Waals surface area contributed by atoms with Crippen LogP contribution in [0.4, 0.5) is 17.6 Å². The highest BCUT2D eigenvalue weighted by atomic mass is 35.5. The molecular weight excluding hydrogens is 508 g/mol. The van der Waals surface area contributed by atoms with Crippen molar-refractivity contribution in [3.8, 4) is 0 Å². The van der Waals surface area contributed by atoms with Crippen molar-refractivity contribution in [2.24, 2.45) is 0 Å². The Labute approximate surface area is 208 Å². The number of piperidine rings is 1. The second-order valence-electron chi connectivity index (χ2n) is 8.72. The molecule has 1 heterocycles. The van der Waals surface area contributed by atoms with Gasteiger partial charge in [0.2, 0.25) is 10.0 Å². The summed E-state index contributed by atoms with van der Waals surface area (Å²) in [7, 11) is -3.27. The summed E-state index contributed by atoms with van der Waals surface area (Å²) in [5.74, 6) is -0.370. The largest absolute Gasteiger partial charge is 0.417 e. The Bertz CT molecular complexity index is 1080. The number of rotatable bonds is 10. The van der Waals surface area contributed by atoms with E-state index in [1.807, 2.05) is 4.90 Å². The van der Waals surface area contributed by atoms with Crippen molar-refractivity contribution in [3.05, 3.63) is 70.0 Å². The average Bonchev–Trinajstić information content (AvgIpc) is 2.78. The summed E-state index contributed by atoms with van der Waals surface area (Å²) >= 11 is 6.10. The molecule has 5 nitrogen and oxygen atoms in total. The monoisotopic (exact) mass is 536 g/mol. The highest BCUT2D eigenvalue weighted by molar-refractivity contribution is 7.88. The van der Waals surface area contributed by atoms with Crippen molar-refractivity contribution >= 4 is 21.6 Å². The van der Waals surface area contributed by atoms with Crippen LogP contribution in [0.1, 0.15) is 36.0 Å². The molecule has 2 aromatic carbocycles. The molecule has 0 radical (unpaired) electrons. The summed E-state index contributed by atoms with van der Waals surface area (Å²) in [6.07, 6.45) is -1.49. The van der Waals surface area contributed by atoms with E-state index in [1.165, 1.54) is 28.8 Å². The molecule has 1 saturated heterocycles. The topological polar surface area (TPSA) is 49.9 Å². The van der Waals surface area contributed by atoms with Gasteiger partial charge in [0.1, 0.15) is 5.82 Å². The first kappa shape index (κ1) is 27.9. The number of alkyl halides is 3. The van der Waals surface area contributed by atoms with Crippen molar-refractivity contribution in [1.29, 1.82) is 0 Å². The molecule has 1 aliphatic heterocycles. The van der Waals surface area contributed by atoms with Gasteiger partial charge in [-0.3, -0.25) is 4.90 Å². The van der Waals surface area contributed by atoms with E-state index in [-0.39, 0.29) is 23.5 Å². The van der Waals surface area contributed by atoms with Gasteiger partial charge >= 0.3 is 6.18 Å². The number of hydrogen-bond donors (Lipinski definition) is 0. The Morgan fingerprint density at radius 1 is 1.14 bits per heavy atom. The van der Waals surface area contributed by atoms with Crippen molar-refractivity contribution in [1.82, 2.24) is 9.21 Å². The predicted molar refractivity (Wildman–Crippen MR) is 127 cm³/mol. The van der Waals surface area contributed by atoms with Crippen LogP contribution in [0.5, 0.6) is 0 Å². The number of sulfonamides is 1. The fourth-order valence-electron chi connectivity index (χ4n) is 4.10. The van der Waals surface area contributed by atoms with Crippen LogP contribution in [0, 0.1) is 5.82 Å². The zero-order valence-electron chi connectivity index (χ0n) is 19.4. The first-order valence-electron chi connectivity index (χ1n) is 11.3. The number of nitrogens with zero attached hydrogens (tertiary/aromatic N) is 2. The van der Waals surface area contributed by atoms with Gasteiger partial charge in [0.15, 0.2) is 0 Å². The maximum atomic E-state index is 13.3. The maximum absolute atomic E-state index is 13.3. The number of halogens is 5. The van der Waals surface area contributed by atoms with E-state index in [0.29, 0.717) is 44.8 Å². The van der Waals surface area contributed by atoms with Crippen LogP contribution >= 0.6 is 11.6 Å². The molecule has 1 atom stereocenters. The highest BCUT2D eigenvalue weighted by Gasteiger charge is 2.34. The zero-order chi connectivity index (χ0) is 25.6. The summed E-state index contributed by atoms with van der Waals surface area (Å²) < 4.78 is 84.1. The Hall–Kier alpha value is -1.72. The summed E-state index contributed by atoms with van der Waals surface area (Å²) in [6, 6.07) is 9.79. The van der Waals surface area contributed by atoms with E-state index in [9.17, 15) is 26.0 Å². The second-order valence-corrected chi connectivity index (χ2v) is 11.1. The van der Waals surface area contributed by atoms with Gasteiger partial charge in [-0.05, 0) is 48.6 Å². The minimum Gasteiger partial charge on any atom is -0.377 e. The average molecular weight is 537 g/mol.